The van der Waals surface area contributed by atoms with Crippen molar-refractivity contribution in [3.8, 4) is 11.3 Å². The van der Waals surface area contributed by atoms with E-state index < -0.39 is 0 Å². The molecule has 1 amide bonds. The van der Waals surface area contributed by atoms with Crippen molar-refractivity contribution in [1.82, 2.24) is 4.57 Å². The van der Waals surface area contributed by atoms with E-state index in [0.717, 1.165) is 30.6 Å². The maximum atomic E-state index is 12.5. The molecule has 0 radical (unpaired) electrons. The fourth-order valence-electron chi connectivity index (χ4n) is 3.68. The average molecular weight is 346 g/mol. The van der Waals surface area contributed by atoms with Crippen LogP contribution in [-0.2, 0) is 24.3 Å². The molecule has 0 bridgehead atoms. The minimum atomic E-state index is 0.0105. The average Bonchev–Trinajstić information content (AvgIpc) is 3.20. The number of carbonyl (C=O) groups is 1. The van der Waals surface area contributed by atoms with Gasteiger partial charge in [0.25, 0.3) is 11.7 Å². The Morgan fingerprint density at radius 2 is 1.92 bits per heavy atom. The molecule has 1 aromatic heterocycles. The molecule has 4 nitrogen and oxygen atoms in total. The molecule has 4 rings (SSSR count). The Hall–Kier alpha value is -2.88. The van der Waals surface area contributed by atoms with E-state index in [1.54, 1.807) is 0 Å². The fourth-order valence-corrected chi connectivity index (χ4v) is 3.68. The second-order valence-corrected chi connectivity index (χ2v) is 7.10. The maximum absolute atomic E-state index is 12.5. The topological polar surface area (TPSA) is 37.9 Å². The molecule has 0 atom stereocenters. The first-order chi connectivity index (χ1) is 12.6. The van der Waals surface area contributed by atoms with Crippen LogP contribution in [0.2, 0.25) is 0 Å². The highest BCUT2D eigenvalue weighted by atomic mass is 16.1. The zero-order valence-electron chi connectivity index (χ0n) is 15.3. The first kappa shape index (κ1) is 16.6. The second-order valence-electron chi connectivity index (χ2n) is 7.10. The molecule has 2 aromatic carbocycles. The van der Waals surface area contributed by atoms with Gasteiger partial charge in [0, 0.05) is 11.3 Å². The van der Waals surface area contributed by atoms with Crippen LogP contribution in [0, 0.1) is 13.8 Å². The minimum absolute atomic E-state index is 0.0105. The lowest BCUT2D eigenvalue weighted by atomic mass is 10.1. The summed E-state index contributed by atoms with van der Waals surface area (Å²) >= 11 is 0. The summed E-state index contributed by atoms with van der Waals surface area (Å²) in [5, 5.41) is 3.01. The summed E-state index contributed by atoms with van der Waals surface area (Å²) in [4.78, 5) is 12.5. The Balaban J connectivity index is 1.58. The minimum Gasteiger partial charge on any atom is -0.323 e. The Labute approximate surface area is 154 Å². The predicted molar refractivity (Wildman–Crippen MR) is 103 cm³/mol. The van der Waals surface area contributed by atoms with E-state index in [-0.39, 0.29) is 5.91 Å². The lowest BCUT2D eigenvalue weighted by Gasteiger charge is -2.05. The van der Waals surface area contributed by atoms with Gasteiger partial charge in [-0.05, 0) is 38.0 Å². The Morgan fingerprint density at radius 3 is 2.69 bits per heavy atom. The third-order valence-electron chi connectivity index (χ3n) is 4.96. The number of hydrogen-bond donors (Lipinski definition) is 1. The predicted octanol–water partition coefficient (Wildman–Crippen LogP) is 3.64. The molecule has 1 aliphatic heterocycles. The van der Waals surface area contributed by atoms with Gasteiger partial charge in [0.05, 0.1) is 13.0 Å². The molecular formula is C22H24N3O+. The van der Waals surface area contributed by atoms with Gasteiger partial charge in [-0.2, -0.15) is 0 Å². The van der Waals surface area contributed by atoms with Gasteiger partial charge in [0.1, 0.15) is 6.20 Å². The number of anilines is 1. The molecular weight excluding hydrogens is 322 g/mol. The summed E-state index contributed by atoms with van der Waals surface area (Å²) in [7, 11) is 0. The lowest BCUT2D eigenvalue weighted by molar-refractivity contribution is -0.690. The Morgan fingerprint density at radius 1 is 1.12 bits per heavy atom. The number of aryl methyl sites for hydroxylation is 2. The zero-order valence-corrected chi connectivity index (χ0v) is 15.3. The van der Waals surface area contributed by atoms with Gasteiger partial charge in [-0.3, -0.25) is 4.79 Å². The molecule has 0 unspecified atom stereocenters. The van der Waals surface area contributed by atoms with E-state index in [4.69, 9.17) is 0 Å². The summed E-state index contributed by atoms with van der Waals surface area (Å²) in [5.41, 5.74) is 5.65. The van der Waals surface area contributed by atoms with Gasteiger partial charge < -0.3 is 5.32 Å². The van der Waals surface area contributed by atoms with Crippen molar-refractivity contribution in [2.24, 2.45) is 0 Å². The van der Waals surface area contributed by atoms with Crippen LogP contribution >= 0.6 is 0 Å². The molecule has 3 aromatic rings. The standard InChI is InChI=1S/C22H23N3O/c1-16-8-10-18(11-9-16)20-14-24(22-7-4-12-25(20)22)15-21(26)23-19-6-3-5-17(2)13-19/h3,5-6,8-11,13-14H,4,7,12,15H2,1-2H3/p+1. The van der Waals surface area contributed by atoms with Crippen molar-refractivity contribution in [2.45, 2.75) is 39.8 Å². The van der Waals surface area contributed by atoms with E-state index in [0.29, 0.717) is 6.54 Å². The Bertz CT molecular complexity index is 954. The number of nitrogens with zero attached hydrogens (tertiary/aromatic N) is 2. The summed E-state index contributed by atoms with van der Waals surface area (Å²) in [6, 6.07) is 16.5. The number of nitrogens with one attached hydrogen (secondary N) is 1. The number of carbonyl (C=O) groups excluding carboxylic acids is 1. The number of amides is 1. The molecule has 2 heterocycles. The van der Waals surface area contributed by atoms with Crippen LogP contribution in [0.5, 0.6) is 0 Å². The molecule has 0 saturated heterocycles. The number of aromatic nitrogens is 2. The monoisotopic (exact) mass is 346 g/mol. The van der Waals surface area contributed by atoms with Gasteiger partial charge in [0.2, 0.25) is 0 Å². The van der Waals surface area contributed by atoms with Crippen LogP contribution in [0.25, 0.3) is 11.3 Å². The van der Waals surface area contributed by atoms with Crippen molar-refractivity contribution >= 4 is 11.6 Å². The maximum Gasteiger partial charge on any atom is 0.266 e. The zero-order chi connectivity index (χ0) is 18.1. The molecule has 0 aliphatic carbocycles. The molecule has 4 heteroatoms. The first-order valence-electron chi connectivity index (χ1n) is 9.15. The van der Waals surface area contributed by atoms with Crippen LogP contribution in [0.4, 0.5) is 5.69 Å². The normalized spacial score (nSPS) is 12.8. The highest BCUT2D eigenvalue weighted by Gasteiger charge is 2.29. The Kier molecular flexibility index (Phi) is 4.33. The molecule has 132 valence electrons. The quantitative estimate of drug-likeness (QED) is 0.720. The van der Waals surface area contributed by atoms with Crippen molar-refractivity contribution in [2.75, 3.05) is 5.32 Å². The van der Waals surface area contributed by atoms with E-state index in [1.165, 1.54) is 22.6 Å². The van der Waals surface area contributed by atoms with Crippen molar-refractivity contribution < 1.29 is 9.36 Å². The first-order valence-corrected chi connectivity index (χ1v) is 9.15. The van der Waals surface area contributed by atoms with Gasteiger partial charge >= 0.3 is 0 Å². The summed E-state index contributed by atoms with van der Waals surface area (Å²) in [6.45, 7) is 5.49. The highest BCUT2D eigenvalue weighted by Crippen LogP contribution is 2.25. The fraction of sp³-hybridized carbons (Fsp3) is 0.273. The van der Waals surface area contributed by atoms with E-state index in [2.05, 4.69) is 51.8 Å². The molecule has 1 aliphatic rings. The van der Waals surface area contributed by atoms with Crippen molar-refractivity contribution in [3.63, 3.8) is 0 Å². The van der Waals surface area contributed by atoms with Crippen molar-refractivity contribution in [3.05, 3.63) is 71.7 Å². The number of benzene rings is 2. The summed E-state index contributed by atoms with van der Waals surface area (Å²) < 4.78 is 4.46. The second kappa shape index (κ2) is 6.79. The SMILES string of the molecule is Cc1ccc(-c2c[n+](CC(=O)Nc3cccc(C)c3)c3n2CCC3)cc1. The van der Waals surface area contributed by atoms with Gasteiger partial charge in [-0.15, -0.1) is 0 Å². The van der Waals surface area contributed by atoms with Gasteiger partial charge in [-0.1, -0.05) is 42.0 Å². The van der Waals surface area contributed by atoms with Crippen LogP contribution in [-0.4, -0.2) is 10.5 Å². The van der Waals surface area contributed by atoms with E-state index in [1.807, 2.05) is 31.2 Å². The van der Waals surface area contributed by atoms with Crippen LogP contribution in [0.1, 0.15) is 23.4 Å². The summed E-state index contributed by atoms with van der Waals surface area (Å²) in [5.74, 6) is 1.25. The number of fused-ring (bicyclic) bond motifs is 1. The van der Waals surface area contributed by atoms with E-state index in [9.17, 15) is 4.79 Å². The largest absolute Gasteiger partial charge is 0.323 e. The lowest BCUT2D eigenvalue weighted by Crippen LogP contribution is -2.42. The van der Waals surface area contributed by atoms with Crippen LogP contribution < -0.4 is 9.88 Å². The molecule has 26 heavy (non-hydrogen) atoms. The van der Waals surface area contributed by atoms with Crippen LogP contribution in [0.3, 0.4) is 0 Å². The number of imidazole rings is 1. The number of hydrogen-bond acceptors (Lipinski definition) is 1. The molecule has 0 spiro atoms. The molecule has 1 N–H and O–H groups in total. The molecule has 0 fully saturated rings. The highest BCUT2D eigenvalue weighted by molar-refractivity contribution is 5.89. The third-order valence-corrected chi connectivity index (χ3v) is 4.96. The number of rotatable bonds is 4. The summed E-state index contributed by atoms with van der Waals surface area (Å²) in [6.07, 6.45) is 4.27. The smallest absolute Gasteiger partial charge is 0.266 e. The van der Waals surface area contributed by atoms with Gasteiger partial charge in [0.15, 0.2) is 12.2 Å². The van der Waals surface area contributed by atoms with Crippen molar-refractivity contribution in [1.29, 1.82) is 0 Å². The van der Waals surface area contributed by atoms with Gasteiger partial charge in [-0.25, -0.2) is 9.13 Å². The third kappa shape index (κ3) is 3.27. The van der Waals surface area contributed by atoms with Crippen LogP contribution in [0.15, 0.2) is 54.7 Å². The van der Waals surface area contributed by atoms with E-state index >= 15 is 0 Å². The molecule has 0 saturated carbocycles.